The summed E-state index contributed by atoms with van der Waals surface area (Å²) >= 11 is 0. The molecule has 1 fully saturated rings. The number of hydrogen-bond acceptors (Lipinski definition) is 4. The second-order valence-electron chi connectivity index (χ2n) is 5.06. The number of nitrogens with two attached hydrogens (primary N) is 1. The predicted molar refractivity (Wildman–Crippen MR) is 76.0 cm³/mol. The van der Waals surface area contributed by atoms with Crippen molar-refractivity contribution in [2.24, 2.45) is 0 Å². The molecule has 1 saturated heterocycles. The molecule has 1 amide bonds. The number of aromatic nitrogens is 1. The van der Waals surface area contributed by atoms with Gasteiger partial charge in [0.05, 0.1) is 23.1 Å². The van der Waals surface area contributed by atoms with Gasteiger partial charge in [-0.25, -0.2) is 0 Å². The maximum atomic E-state index is 12.0. The molecule has 5 heteroatoms. The van der Waals surface area contributed by atoms with Crippen LogP contribution in [0.15, 0.2) is 12.3 Å². The SMILES string of the molecule is Cc1ncc(N)cc1C(=O)NCCCN1CCCC1. The highest BCUT2D eigenvalue weighted by Crippen LogP contribution is 2.09. The number of anilines is 1. The van der Waals surface area contributed by atoms with Crippen LogP contribution in [-0.4, -0.2) is 42.0 Å². The minimum Gasteiger partial charge on any atom is -0.397 e. The maximum Gasteiger partial charge on any atom is 0.253 e. The third kappa shape index (κ3) is 3.92. The lowest BCUT2D eigenvalue weighted by atomic mass is 10.2. The lowest BCUT2D eigenvalue weighted by Crippen LogP contribution is -2.29. The molecule has 104 valence electrons. The quantitative estimate of drug-likeness (QED) is 0.782. The zero-order valence-electron chi connectivity index (χ0n) is 11.5. The zero-order chi connectivity index (χ0) is 13.7. The van der Waals surface area contributed by atoms with E-state index in [2.05, 4.69) is 15.2 Å². The first kappa shape index (κ1) is 13.8. The molecule has 0 bridgehead atoms. The lowest BCUT2D eigenvalue weighted by Gasteiger charge is -2.14. The smallest absolute Gasteiger partial charge is 0.253 e. The Hall–Kier alpha value is -1.62. The van der Waals surface area contributed by atoms with Gasteiger partial charge in [-0.05, 0) is 51.9 Å². The molecular formula is C14H22N4O. The van der Waals surface area contributed by atoms with Gasteiger partial charge in [-0.3, -0.25) is 9.78 Å². The third-order valence-corrected chi connectivity index (χ3v) is 3.49. The van der Waals surface area contributed by atoms with Crippen LogP contribution in [0.4, 0.5) is 5.69 Å². The minimum atomic E-state index is -0.0845. The van der Waals surface area contributed by atoms with E-state index < -0.39 is 0 Å². The fourth-order valence-corrected chi connectivity index (χ4v) is 2.39. The van der Waals surface area contributed by atoms with Crippen LogP contribution in [0, 0.1) is 6.92 Å². The first-order valence-electron chi connectivity index (χ1n) is 6.89. The number of aryl methyl sites for hydroxylation is 1. The van der Waals surface area contributed by atoms with E-state index in [1.807, 2.05) is 6.92 Å². The number of nitrogens with zero attached hydrogens (tertiary/aromatic N) is 2. The van der Waals surface area contributed by atoms with Crippen molar-refractivity contribution in [2.45, 2.75) is 26.2 Å². The highest BCUT2D eigenvalue weighted by atomic mass is 16.1. The van der Waals surface area contributed by atoms with Crippen molar-refractivity contribution in [1.82, 2.24) is 15.2 Å². The number of nitrogens with one attached hydrogen (secondary N) is 1. The first-order valence-corrected chi connectivity index (χ1v) is 6.89. The van der Waals surface area contributed by atoms with Gasteiger partial charge < -0.3 is 16.0 Å². The molecule has 0 aliphatic carbocycles. The van der Waals surface area contributed by atoms with Crippen molar-refractivity contribution in [2.75, 3.05) is 31.9 Å². The standard InChI is InChI=1S/C14H22N4O/c1-11-13(9-12(15)10-17-11)14(19)16-5-4-8-18-6-2-3-7-18/h9-10H,2-8,15H2,1H3,(H,16,19). The minimum absolute atomic E-state index is 0.0845. The van der Waals surface area contributed by atoms with Crippen molar-refractivity contribution in [3.63, 3.8) is 0 Å². The van der Waals surface area contributed by atoms with Gasteiger partial charge in [-0.2, -0.15) is 0 Å². The van der Waals surface area contributed by atoms with Crippen LogP contribution in [0.1, 0.15) is 35.3 Å². The van der Waals surface area contributed by atoms with E-state index in [0.29, 0.717) is 23.5 Å². The summed E-state index contributed by atoms with van der Waals surface area (Å²) in [5, 5.41) is 2.93. The summed E-state index contributed by atoms with van der Waals surface area (Å²) in [5.74, 6) is -0.0845. The van der Waals surface area contributed by atoms with Crippen LogP contribution < -0.4 is 11.1 Å². The normalized spacial score (nSPS) is 15.6. The summed E-state index contributed by atoms with van der Waals surface area (Å²) in [5.41, 5.74) is 7.46. The summed E-state index contributed by atoms with van der Waals surface area (Å²) in [4.78, 5) is 18.5. The molecule has 0 unspecified atom stereocenters. The van der Waals surface area contributed by atoms with Crippen LogP contribution >= 0.6 is 0 Å². The second-order valence-corrected chi connectivity index (χ2v) is 5.06. The Morgan fingerprint density at radius 3 is 2.95 bits per heavy atom. The van der Waals surface area contributed by atoms with Gasteiger partial charge in [0.2, 0.25) is 0 Å². The number of pyridine rings is 1. The molecule has 1 aromatic rings. The second kappa shape index (κ2) is 6.52. The highest BCUT2D eigenvalue weighted by Gasteiger charge is 2.12. The molecule has 19 heavy (non-hydrogen) atoms. The van der Waals surface area contributed by atoms with E-state index in [4.69, 9.17) is 5.73 Å². The Balaban J connectivity index is 1.75. The van der Waals surface area contributed by atoms with Crippen molar-refractivity contribution < 1.29 is 4.79 Å². The van der Waals surface area contributed by atoms with Crippen molar-refractivity contribution in [1.29, 1.82) is 0 Å². The fraction of sp³-hybridized carbons (Fsp3) is 0.571. The van der Waals surface area contributed by atoms with Gasteiger partial charge in [0.15, 0.2) is 0 Å². The Labute approximate surface area is 114 Å². The van der Waals surface area contributed by atoms with Crippen LogP contribution in [0.25, 0.3) is 0 Å². The molecule has 3 N–H and O–H groups in total. The summed E-state index contributed by atoms with van der Waals surface area (Å²) in [6.07, 6.45) is 5.17. The van der Waals surface area contributed by atoms with Crippen LogP contribution in [0.3, 0.4) is 0 Å². The summed E-state index contributed by atoms with van der Waals surface area (Å²) in [6.45, 7) is 5.98. The third-order valence-electron chi connectivity index (χ3n) is 3.49. The fourth-order valence-electron chi connectivity index (χ4n) is 2.39. The lowest BCUT2D eigenvalue weighted by molar-refractivity contribution is 0.0951. The Bertz CT molecular complexity index is 441. The van der Waals surface area contributed by atoms with E-state index in [0.717, 1.165) is 13.0 Å². The van der Waals surface area contributed by atoms with Gasteiger partial charge in [0.25, 0.3) is 5.91 Å². The number of amides is 1. The molecule has 0 atom stereocenters. The number of carbonyl (C=O) groups excluding carboxylic acids is 1. The van der Waals surface area contributed by atoms with E-state index in [1.165, 1.54) is 25.9 Å². The van der Waals surface area contributed by atoms with Crippen molar-refractivity contribution in [3.05, 3.63) is 23.5 Å². The number of carbonyl (C=O) groups is 1. The Kier molecular flexibility index (Phi) is 4.74. The Morgan fingerprint density at radius 1 is 1.47 bits per heavy atom. The highest BCUT2D eigenvalue weighted by molar-refractivity contribution is 5.95. The molecule has 0 radical (unpaired) electrons. The molecule has 1 aromatic heterocycles. The molecule has 5 nitrogen and oxygen atoms in total. The molecule has 2 rings (SSSR count). The molecule has 0 aromatic carbocycles. The average Bonchev–Trinajstić information content (AvgIpc) is 2.90. The van der Waals surface area contributed by atoms with Crippen LogP contribution in [0.2, 0.25) is 0 Å². The monoisotopic (exact) mass is 262 g/mol. The predicted octanol–water partition coefficient (Wildman–Crippen LogP) is 1.19. The zero-order valence-corrected chi connectivity index (χ0v) is 11.5. The summed E-state index contributed by atoms with van der Waals surface area (Å²) < 4.78 is 0. The van der Waals surface area contributed by atoms with Crippen LogP contribution in [0.5, 0.6) is 0 Å². The molecule has 2 heterocycles. The van der Waals surface area contributed by atoms with E-state index in [9.17, 15) is 4.79 Å². The Morgan fingerprint density at radius 2 is 2.21 bits per heavy atom. The van der Waals surface area contributed by atoms with Crippen molar-refractivity contribution in [3.8, 4) is 0 Å². The first-order chi connectivity index (χ1) is 9.16. The van der Waals surface area contributed by atoms with Gasteiger partial charge in [-0.15, -0.1) is 0 Å². The van der Waals surface area contributed by atoms with Gasteiger partial charge >= 0.3 is 0 Å². The molecule has 1 aliphatic heterocycles. The summed E-state index contributed by atoms with van der Waals surface area (Å²) in [6, 6.07) is 1.68. The van der Waals surface area contributed by atoms with Gasteiger partial charge in [0, 0.05) is 6.54 Å². The molecule has 1 aliphatic rings. The topological polar surface area (TPSA) is 71.2 Å². The number of hydrogen-bond donors (Lipinski definition) is 2. The summed E-state index contributed by atoms with van der Waals surface area (Å²) in [7, 11) is 0. The molecular weight excluding hydrogens is 240 g/mol. The largest absolute Gasteiger partial charge is 0.397 e. The average molecular weight is 262 g/mol. The van der Waals surface area contributed by atoms with E-state index >= 15 is 0 Å². The van der Waals surface area contributed by atoms with Crippen LogP contribution in [-0.2, 0) is 0 Å². The molecule has 0 spiro atoms. The van der Waals surface area contributed by atoms with E-state index in [-0.39, 0.29) is 5.91 Å². The van der Waals surface area contributed by atoms with Gasteiger partial charge in [-0.1, -0.05) is 0 Å². The maximum absolute atomic E-state index is 12.0. The number of likely N-dealkylation sites (tertiary alicyclic amines) is 1. The van der Waals surface area contributed by atoms with Gasteiger partial charge in [0.1, 0.15) is 0 Å². The van der Waals surface area contributed by atoms with E-state index in [1.54, 1.807) is 12.3 Å². The number of nitrogen functional groups attached to an aromatic ring is 1. The number of rotatable bonds is 5. The van der Waals surface area contributed by atoms with Crippen molar-refractivity contribution >= 4 is 11.6 Å². The molecule has 0 saturated carbocycles.